The van der Waals surface area contributed by atoms with Crippen molar-refractivity contribution < 1.29 is 22.7 Å². The van der Waals surface area contributed by atoms with Crippen LogP contribution in [-0.2, 0) is 21.6 Å². The predicted octanol–water partition coefficient (Wildman–Crippen LogP) is 2.65. The summed E-state index contributed by atoms with van der Waals surface area (Å²) in [5, 5.41) is 0.206. The lowest BCUT2D eigenvalue weighted by molar-refractivity contribution is -0.195. The van der Waals surface area contributed by atoms with Gasteiger partial charge in [0, 0.05) is 18.8 Å². The number of hydrogen-bond acceptors (Lipinski definition) is 3. The molecule has 1 aromatic heterocycles. The van der Waals surface area contributed by atoms with Gasteiger partial charge in [-0.05, 0) is 18.9 Å². The van der Waals surface area contributed by atoms with Crippen LogP contribution in [0.25, 0.3) is 0 Å². The van der Waals surface area contributed by atoms with Gasteiger partial charge in [0.2, 0.25) is 0 Å². The van der Waals surface area contributed by atoms with Gasteiger partial charge < -0.3 is 9.64 Å². The van der Waals surface area contributed by atoms with Gasteiger partial charge in [0.05, 0.1) is 17.8 Å². The highest BCUT2D eigenvalue weighted by atomic mass is 35.5. The average Bonchev–Trinajstić information content (AvgIpc) is 2.71. The van der Waals surface area contributed by atoms with E-state index in [2.05, 4.69) is 4.98 Å². The Morgan fingerprint density at radius 2 is 2.00 bits per heavy atom. The van der Waals surface area contributed by atoms with E-state index in [-0.39, 0.29) is 11.7 Å². The van der Waals surface area contributed by atoms with Gasteiger partial charge in [-0.25, -0.2) is 4.98 Å². The van der Waals surface area contributed by atoms with E-state index in [1.54, 1.807) is 12.1 Å². The standard InChI is InChI=1S/C13H12ClF3N2O2/c14-10-2-1-8-9(18-10)7-19(11(20)13(15,16)17)12(8)3-5-21-6-4-12/h1-2H,3-7H2. The summed E-state index contributed by atoms with van der Waals surface area (Å²) in [4.78, 5) is 16.8. The van der Waals surface area contributed by atoms with E-state index in [1.165, 1.54) is 0 Å². The highest BCUT2D eigenvalue weighted by molar-refractivity contribution is 6.29. The van der Waals surface area contributed by atoms with Crippen molar-refractivity contribution in [1.82, 2.24) is 9.88 Å². The first kappa shape index (κ1) is 14.6. The summed E-state index contributed by atoms with van der Waals surface area (Å²) < 4.78 is 43.9. The molecule has 1 aromatic rings. The molecule has 0 aromatic carbocycles. The first-order valence-electron chi connectivity index (χ1n) is 6.47. The monoisotopic (exact) mass is 320 g/mol. The molecular weight excluding hydrogens is 309 g/mol. The summed E-state index contributed by atoms with van der Waals surface area (Å²) in [6.07, 6.45) is -4.26. The van der Waals surface area contributed by atoms with Crippen LogP contribution in [0.5, 0.6) is 0 Å². The van der Waals surface area contributed by atoms with Gasteiger partial charge in [-0.3, -0.25) is 4.79 Å². The molecule has 0 radical (unpaired) electrons. The van der Waals surface area contributed by atoms with Gasteiger partial charge >= 0.3 is 12.1 Å². The second-order valence-electron chi connectivity index (χ2n) is 5.16. The molecule has 0 unspecified atom stereocenters. The van der Waals surface area contributed by atoms with E-state index in [0.29, 0.717) is 37.3 Å². The van der Waals surface area contributed by atoms with Crippen LogP contribution in [0, 0.1) is 0 Å². The molecule has 0 aliphatic carbocycles. The third-order valence-corrected chi connectivity index (χ3v) is 4.28. The Hall–Kier alpha value is -1.34. The van der Waals surface area contributed by atoms with Gasteiger partial charge in [0.25, 0.3) is 0 Å². The maximum atomic E-state index is 12.9. The van der Waals surface area contributed by atoms with Crippen molar-refractivity contribution in [3.8, 4) is 0 Å². The van der Waals surface area contributed by atoms with Crippen LogP contribution in [0.3, 0.4) is 0 Å². The van der Waals surface area contributed by atoms with E-state index in [1.807, 2.05) is 0 Å². The summed E-state index contributed by atoms with van der Waals surface area (Å²) in [6.45, 7) is 0.446. The van der Waals surface area contributed by atoms with Gasteiger partial charge in [0.1, 0.15) is 5.15 Å². The van der Waals surface area contributed by atoms with Crippen LogP contribution < -0.4 is 0 Å². The lowest BCUT2D eigenvalue weighted by Crippen LogP contribution is -2.52. The number of halogens is 4. The normalized spacial score (nSPS) is 20.7. The Balaban J connectivity index is 2.08. The zero-order valence-corrected chi connectivity index (χ0v) is 11.7. The van der Waals surface area contributed by atoms with Gasteiger partial charge in [-0.15, -0.1) is 0 Å². The van der Waals surface area contributed by atoms with Crippen molar-refractivity contribution in [2.24, 2.45) is 0 Å². The molecule has 1 spiro atoms. The summed E-state index contributed by atoms with van der Waals surface area (Å²) in [6, 6.07) is 3.21. The zero-order chi connectivity index (χ0) is 15.3. The van der Waals surface area contributed by atoms with Gasteiger partial charge in [-0.1, -0.05) is 17.7 Å². The molecule has 3 heterocycles. The van der Waals surface area contributed by atoms with Gasteiger partial charge in [-0.2, -0.15) is 13.2 Å². The Kier molecular flexibility index (Phi) is 3.37. The summed E-state index contributed by atoms with van der Waals surface area (Å²) >= 11 is 5.81. The quantitative estimate of drug-likeness (QED) is 0.690. The third kappa shape index (κ3) is 2.28. The second-order valence-corrected chi connectivity index (χ2v) is 5.55. The first-order chi connectivity index (χ1) is 9.84. The molecule has 21 heavy (non-hydrogen) atoms. The van der Waals surface area contributed by atoms with Crippen molar-refractivity contribution in [2.75, 3.05) is 13.2 Å². The van der Waals surface area contributed by atoms with E-state index >= 15 is 0 Å². The van der Waals surface area contributed by atoms with Gasteiger partial charge in [0.15, 0.2) is 0 Å². The lowest BCUT2D eigenvalue weighted by atomic mass is 9.83. The number of carbonyl (C=O) groups excluding carboxylic acids is 1. The van der Waals surface area contributed by atoms with Crippen LogP contribution in [0.2, 0.25) is 5.15 Å². The van der Waals surface area contributed by atoms with Crippen LogP contribution in [0.4, 0.5) is 13.2 Å². The van der Waals surface area contributed by atoms with Crippen molar-refractivity contribution in [3.63, 3.8) is 0 Å². The Bertz CT molecular complexity index is 585. The molecule has 1 amide bonds. The maximum Gasteiger partial charge on any atom is 0.471 e. The molecule has 2 aliphatic rings. The lowest BCUT2D eigenvalue weighted by Gasteiger charge is -2.42. The van der Waals surface area contributed by atoms with Crippen LogP contribution in [0.15, 0.2) is 12.1 Å². The van der Waals surface area contributed by atoms with E-state index in [0.717, 1.165) is 4.90 Å². The molecule has 0 bridgehead atoms. The number of aromatic nitrogens is 1. The smallest absolute Gasteiger partial charge is 0.381 e. The minimum absolute atomic E-state index is 0.172. The van der Waals surface area contributed by atoms with Crippen molar-refractivity contribution in [1.29, 1.82) is 0 Å². The third-order valence-electron chi connectivity index (χ3n) is 4.07. The highest BCUT2D eigenvalue weighted by Crippen LogP contribution is 2.47. The number of hydrogen-bond donors (Lipinski definition) is 0. The molecule has 8 heteroatoms. The van der Waals surface area contributed by atoms with E-state index < -0.39 is 17.6 Å². The molecular formula is C13H12ClF3N2O2. The minimum atomic E-state index is -4.91. The molecule has 1 saturated heterocycles. The topological polar surface area (TPSA) is 42.4 Å². The predicted molar refractivity (Wildman–Crippen MR) is 67.6 cm³/mol. The number of nitrogens with zero attached hydrogens (tertiary/aromatic N) is 2. The molecule has 2 aliphatic heterocycles. The fraction of sp³-hybridized carbons (Fsp3) is 0.538. The van der Waals surface area contributed by atoms with Crippen LogP contribution in [0.1, 0.15) is 24.1 Å². The maximum absolute atomic E-state index is 12.9. The van der Waals surface area contributed by atoms with E-state index in [4.69, 9.17) is 16.3 Å². The summed E-state index contributed by atoms with van der Waals surface area (Å²) in [7, 11) is 0. The fourth-order valence-corrected chi connectivity index (χ4v) is 3.30. The highest BCUT2D eigenvalue weighted by Gasteiger charge is 2.55. The summed E-state index contributed by atoms with van der Waals surface area (Å²) in [5.41, 5.74) is 0.0902. The fourth-order valence-electron chi connectivity index (χ4n) is 3.13. The Labute approximate surface area is 123 Å². The van der Waals surface area contributed by atoms with E-state index in [9.17, 15) is 18.0 Å². The van der Waals surface area contributed by atoms with Crippen molar-refractivity contribution in [3.05, 3.63) is 28.5 Å². The average molecular weight is 321 g/mol. The zero-order valence-electron chi connectivity index (χ0n) is 10.9. The number of rotatable bonds is 0. The molecule has 0 N–H and O–H groups in total. The molecule has 114 valence electrons. The molecule has 0 atom stereocenters. The summed E-state index contributed by atoms with van der Waals surface area (Å²) in [5.74, 6) is -1.83. The Morgan fingerprint density at radius 1 is 1.33 bits per heavy atom. The molecule has 0 saturated carbocycles. The van der Waals surface area contributed by atoms with Crippen LogP contribution >= 0.6 is 11.6 Å². The largest absolute Gasteiger partial charge is 0.471 e. The molecule has 3 rings (SSSR count). The van der Waals surface area contributed by atoms with Crippen molar-refractivity contribution in [2.45, 2.75) is 31.1 Å². The number of alkyl halides is 3. The van der Waals surface area contributed by atoms with Crippen LogP contribution in [-0.4, -0.2) is 35.2 Å². The second kappa shape index (κ2) is 4.84. The number of fused-ring (bicyclic) bond motifs is 2. The minimum Gasteiger partial charge on any atom is -0.381 e. The molecule has 4 nitrogen and oxygen atoms in total. The van der Waals surface area contributed by atoms with Crippen molar-refractivity contribution >= 4 is 17.5 Å². The number of amides is 1. The SMILES string of the molecule is O=C(N1Cc2nc(Cl)ccc2C12CCOCC2)C(F)(F)F. The number of ether oxygens (including phenoxy) is 1. The molecule has 1 fully saturated rings. The number of carbonyl (C=O) groups is 1. The number of pyridine rings is 1. The Morgan fingerprint density at radius 3 is 2.62 bits per heavy atom. The first-order valence-corrected chi connectivity index (χ1v) is 6.85.